The summed E-state index contributed by atoms with van der Waals surface area (Å²) in [6, 6.07) is 2.25. The van der Waals surface area contributed by atoms with Crippen LogP contribution in [0.3, 0.4) is 0 Å². The molecule has 0 aliphatic carbocycles. The molecule has 1 aromatic rings. The predicted octanol–water partition coefficient (Wildman–Crippen LogP) is 3.47. The van der Waals surface area contributed by atoms with E-state index < -0.39 is 0 Å². The van der Waals surface area contributed by atoms with E-state index in [0.717, 1.165) is 6.42 Å². The fraction of sp³-hybridized carbons (Fsp3) is 0.429. The van der Waals surface area contributed by atoms with Gasteiger partial charge in [0.05, 0.1) is 12.9 Å². The average molecular weight is 255 g/mol. The summed E-state index contributed by atoms with van der Waals surface area (Å²) in [5.41, 5.74) is 0.672. The lowest BCUT2D eigenvalue weighted by atomic mass is 10.0. The van der Waals surface area contributed by atoms with E-state index in [0.29, 0.717) is 24.3 Å². The molecule has 2 nitrogen and oxygen atoms in total. The van der Waals surface area contributed by atoms with Crippen molar-refractivity contribution in [3.8, 4) is 0 Å². The Bertz CT molecular complexity index is 407. The minimum absolute atomic E-state index is 0.233. The number of nitrogens with one attached hydrogen (secondary N) is 1. The van der Waals surface area contributed by atoms with E-state index in [4.69, 9.17) is 4.74 Å². The third-order valence-corrected chi connectivity index (χ3v) is 2.75. The molecule has 1 unspecified atom stereocenters. The highest BCUT2D eigenvalue weighted by Crippen LogP contribution is 2.20. The Morgan fingerprint density at radius 1 is 1.39 bits per heavy atom. The highest BCUT2D eigenvalue weighted by molar-refractivity contribution is 5.27. The van der Waals surface area contributed by atoms with Gasteiger partial charge in [-0.05, 0) is 44.5 Å². The zero-order valence-corrected chi connectivity index (χ0v) is 10.8. The largest absolute Gasteiger partial charge is 0.502 e. The normalized spacial score (nSPS) is 12.2. The van der Waals surface area contributed by atoms with Gasteiger partial charge in [-0.15, -0.1) is 0 Å². The van der Waals surface area contributed by atoms with Crippen LogP contribution in [-0.2, 0) is 4.74 Å². The van der Waals surface area contributed by atoms with Crippen molar-refractivity contribution in [3.63, 3.8) is 0 Å². The van der Waals surface area contributed by atoms with Crippen LogP contribution in [0.1, 0.15) is 30.5 Å². The summed E-state index contributed by atoms with van der Waals surface area (Å²) in [6.45, 7) is 8.03. The fourth-order valence-corrected chi connectivity index (χ4v) is 1.66. The molecule has 0 radical (unpaired) electrons. The van der Waals surface area contributed by atoms with E-state index in [-0.39, 0.29) is 17.7 Å². The fourth-order valence-electron chi connectivity index (χ4n) is 1.66. The Hall–Kier alpha value is -1.42. The molecule has 18 heavy (non-hydrogen) atoms. The third kappa shape index (κ3) is 4.11. The molecule has 0 amide bonds. The summed E-state index contributed by atoms with van der Waals surface area (Å²) in [7, 11) is 0. The van der Waals surface area contributed by atoms with E-state index in [2.05, 4.69) is 11.9 Å². The molecule has 0 heterocycles. The second kappa shape index (κ2) is 7.11. The van der Waals surface area contributed by atoms with Crippen molar-refractivity contribution in [3.05, 3.63) is 47.7 Å². The summed E-state index contributed by atoms with van der Waals surface area (Å²) in [6.07, 6.45) is 2.17. The van der Waals surface area contributed by atoms with Gasteiger partial charge in [0.15, 0.2) is 0 Å². The maximum Gasteiger partial charge on any atom is 0.128 e. The molecule has 1 atom stereocenters. The van der Waals surface area contributed by atoms with Crippen LogP contribution >= 0.6 is 0 Å². The zero-order chi connectivity index (χ0) is 13.5. The SMILES string of the molecule is C=COCCCNC(C)c1cc(F)c(C)cc1F. The third-order valence-electron chi connectivity index (χ3n) is 2.75. The summed E-state index contributed by atoms with van der Waals surface area (Å²) in [5, 5.41) is 3.12. The minimum atomic E-state index is -0.380. The first-order valence-electron chi connectivity index (χ1n) is 5.97. The van der Waals surface area contributed by atoms with Crippen LogP contribution < -0.4 is 5.32 Å². The topological polar surface area (TPSA) is 21.3 Å². The second-order valence-corrected chi connectivity index (χ2v) is 4.19. The molecule has 4 heteroatoms. The van der Waals surface area contributed by atoms with Crippen molar-refractivity contribution in [1.82, 2.24) is 5.32 Å². The molecule has 100 valence electrons. The van der Waals surface area contributed by atoms with Gasteiger partial charge in [0, 0.05) is 11.6 Å². The maximum absolute atomic E-state index is 13.7. The van der Waals surface area contributed by atoms with Crippen LogP contribution in [0, 0.1) is 18.6 Å². The predicted molar refractivity (Wildman–Crippen MR) is 68.3 cm³/mol. The molecule has 0 bridgehead atoms. The van der Waals surface area contributed by atoms with Crippen molar-refractivity contribution in [2.24, 2.45) is 0 Å². The van der Waals surface area contributed by atoms with Gasteiger partial charge in [0.1, 0.15) is 11.6 Å². The van der Waals surface area contributed by atoms with Gasteiger partial charge in [-0.25, -0.2) is 8.78 Å². The number of ether oxygens (including phenoxy) is 1. The molecule has 0 saturated carbocycles. The lowest BCUT2D eigenvalue weighted by Gasteiger charge is -2.15. The van der Waals surface area contributed by atoms with Gasteiger partial charge in [-0.1, -0.05) is 6.58 Å². The van der Waals surface area contributed by atoms with E-state index in [1.165, 1.54) is 18.4 Å². The Morgan fingerprint density at radius 3 is 2.78 bits per heavy atom. The molecule has 0 aliphatic rings. The first-order chi connectivity index (χ1) is 8.56. The molecule has 0 aromatic heterocycles. The molecule has 1 rings (SSSR count). The Kier molecular flexibility index (Phi) is 5.78. The number of aryl methyl sites for hydroxylation is 1. The van der Waals surface area contributed by atoms with Crippen LogP contribution in [0.15, 0.2) is 25.0 Å². The van der Waals surface area contributed by atoms with Crippen LogP contribution in [0.25, 0.3) is 0 Å². The Labute approximate surface area is 107 Å². The number of hydrogen-bond donors (Lipinski definition) is 1. The van der Waals surface area contributed by atoms with Crippen molar-refractivity contribution in [2.75, 3.05) is 13.2 Å². The van der Waals surface area contributed by atoms with Crippen LogP contribution in [-0.4, -0.2) is 13.2 Å². The van der Waals surface area contributed by atoms with Gasteiger partial charge >= 0.3 is 0 Å². The molecule has 0 fully saturated rings. The molecule has 0 saturated heterocycles. The monoisotopic (exact) mass is 255 g/mol. The van der Waals surface area contributed by atoms with E-state index in [1.54, 1.807) is 6.92 Å². The lowest BCUT2D eigenvalue weighted by Crippen LogP contribution is -2.22. The molecule has 1 N–H and O–H groups in total. The zero-order valence-electron chi connectivity index (χ0n) is 10.8. The standard InChI is InChI=1S/C14H19F2NO/c1-4-18-7-5-6-17-11(3)12-9-13(15)10(2)8-14(12)16/h4,8-9,11,17H,1,5-7H2,2-3H3. The van der Waals surface area contributed by atoms with Crippen molar-refractivity contribution in [2.45, 2.75) is 26.3 Å². The molecule has 0 spiro atoms. The van der Waals surface area contributed by atoms with E-state index in [9.17, 15) is 8.78 Å². The highest BCUT2D eigenvalue weighted by atomic mass is 19.1. The quantitative estimate of drug-likeness (QED) is 0.595. The van der Waals surface area contributed by atoms with Gasteiger partial charge in [-0.3, -0.25) is 0 Å². The van der Waals surface area contributed by atoms with Gasteiger partial charge in [0.25, 0.3) is 0 Å². The molecular weight excluding hydrogens is 236 g/mol. The number of hydrogen-bond acceptors (Lipinski definition) is 2. The van der Waals surface area contributed by atoms with Crippen molar-refractivity contribution in [1.29, 1.82) is 0 Å². The molecule has 0 aliphatic heterocycles. The summed E-state index contributed by atoms with van der Waals surface area (Å²) in [5.74, 6) is -0.758. The van der Waals surface area contributed by atoms with Crippen molar-refractivity contribution < 1.29 is 13.5 Å². The van der Waals surface area contributed by atoms with E-state index in [1.807, 2.05) is 6.92 Å². The Morgan fingerprint density at radius 2 is 2.11 bits per heavy atom. The molecular formula is C14H19F2NO. The smallest absolute Gasteiger partial charge is 0.128 e. The average Bonchev–Trinajstić information content (AvgIpc) is 2.33. The van der Waals surface area contributed by atoms with Crippen LogP contribution in [0.4, 0.5) is 8.78 Å². The van der Waals surface area contributed by atoms with Gasteiger partial charge < -0.3 is 10.1 Å². The first-order valence-corrected chi connectivity index (χ1v) is 5.97. The van der Waals surface area contributed by atoms with Crippen LogP contribution in [0.2, 0.25) is 0 Å². The lowest BCUT2D eigenvalue weighted by molar-refractivity contribution is 0.243. The van der Waals surface area contributed by atoms with E-state index >= 15 is 0 Å². The van der Waals surface area contributed by atoms with Gasteiger partial charge in [-0.2, -0.15) is 0 Å². The highest BCUT2D eigenvalue weighted by Gasteiger charge is 2.13. The number of halogens is 2. The minimum Gasteiger partial charge on any atom is -0.502 e. The summed E-state index contributed by atoms with van der Waals surface area (Å²) < 4.78 is 32.0. The first kappa shape index (κ1) is 14.6. The van der Waals surface area contributed by atoms with Crippen molar-refractivity contribution >= 4 is 0 Å². The second-order valence-electron chi connectivity index (χ2n) is 4.19. The number of benzene rings is 1. The Balaban J connectivity index is 2.53. The maximum atomic E-state index is 13.7. The van der Waals surface area contributed by atoms with Gasteiger partial charge in [0.2, 0.25) is 0 Å². The van der Waals surface area contributed by atoms with Crippen LogP contribution in [0.5, 0.6) is 0 Å². The summed E-state index contributed by atoms with van der Waals surface area (Å²) >= 11 is 0. The summed E-state index contributed by atoms with van der Waals surface area (Å²) in [4.78, 5) is 0. The molecule has 1 aromatic carbocycles. The number of rotatable bonds is 7.